The highest BCUT2D eigenvalue weighted by Gasteiger charge is 2.46. The summed E-state index contributed by atoms with van der Waals surface area (Å²) in [6, 6.07) is 7.65. The third kappa shape index (κ3) is 5.34. The Kier molecular flexibility index (Phi) is 7.32. The van der Waals surface area contributed by atoms with Crippen LogP contribution in [0.15, 0.2) is 34.9 Å². The first-order chi connectivity index (χ1) is 15.1. The summed E-state index contributed by atoms with van der Waals surface area (Å²) >= 11 is 0. The van der Waals surface area contributed by atoms with Crippen LogP contribution in [0.5, 0.6) is 0 Å². The second-order valence-electron chi connectivity index (χ2n) is 9.98. The summed E-state index contributed by atoms with van der Waals surface area (Å²) in [5.74, 6) is 0.533. The van der Waals surface area contributed by atoms with Crippen LogP contribution < -0.4 is 10.2 Å². The molecule has 0 radical (unpaired) electrons. The second-order valence-corrected chi connectivity index (χ2v) is 9.98. The fourth-order valence-electron chi connectivity index (χ4n) is 4.45. The monoisotopic (exact) mass is 440 g/mol. The van der Waals surface area contributed by atoms with Crippen molar-refractivity contribution in [1.82, 2.24) is 0 Å². The zero-order valence-corrected chi connectivity index (χ0v) is 19.9. The smallest absolute Gasteiger partial charge is 0.314 e. The van der Waals surface area contributed by atoms with Crippen molar-refractivity contribution in [3.05, 3.63) is 47.4 Å². The third-order valence-corrected chi connectivity index (χ3v) is 6.07. The number of benzene rings is 1. The quantitative estimate of drug-likeness (QED) is 0.517. The Morgan fingerprint density at radius 2 is 1.78 bits per heavy atom. The summed E-state index contributed by atoms with van der Waals surface area (Å²) < 4.78 is 5.44. The lowest BCUT2D eigenvalue weighted by Crippen LogP contribution is -2.42. The summed E-state index contributed by atoms with van der Waals surface area (Å²) in [4.78, 5) is 27.3. The van der Waals surface area contributed by atoms with E-state index in [1.807, 2.05) is 31.2 Å². The SMILES string of the molecule is Cc1coc(CC(=O)Nc2cc(C3(C(=O)O)CCC3)ccc2N(CC(C)C)CC(C)C)c1. The lowest BCUT2D eigenvalue weighted by atomic mass is 9.64. The number of rotatable bonds is 10. The van der Waals surface area contributed by atoms with E-state index in [-0.39, 0.29) is 12.3 Å². The van der Waals surface area contributed by atoms with Gasteiger partial charge in [-0.3, -0.25) is 9.59 Å². The molecule has 0 aliphatic heterocycles. The van der Waals surface area contributed by atoms with Crippen LogP contribution in [0.25, 0.3) is 0 Å². The number of carboxylic acid groups (broad SMARTS) is 1. The van der Waals surface area contributed by atoms with Gasteiger partial charge in [-0.15, -0.1) is 0 Å². The number of nitrogens with one attached hydrogen (secondary N) is 1. The summed E-state index contributed by atoms with van der Waals surface area (Å²) in [6.45, 7) is 12.3. The molecule has 6 nitrogen and oxygen atoms in total. The highest BCUT2D eigenvalue weighted by molar-refractivity contribution is 5.96. The van der Waals surface area contributed by atoms with Crippen LogP contribution in [0.1, 0.15) is 63.8 Å². The van der Waals surface area contributed by atoms with Gasteiger partial charge in [0.25, 0.3) is 0 Å². The van der Waals surface area contributed by atoms with Crippen LogP contribution in [0, 0.1) is 18.8 Å². The topological polar surface area (TPSA) is 82.8 Å². The zero-order valence-electron chi connectivity index (χ0n) is 19.9. The highest BCUT2D eigenvalue weighted by atomic mass is 16.4. The molecule has 1 amide bonds. The number of hydrogen-bond acceptors (Lipinski definition) is 4. The summed E-state index contributed by atoms with van der Waals surface area (Å²) in [5.41, 5.74) is 2.49. The number of carbonyl (C=O) groups is 2. The maximum atomic E-state index is 12.9. The average Bonchev–Trinajstić information content (AvgIpc) is 3.04. The van der Waals surface area contributed by atoms with Crippen molar-refractivity contribution >= 4 is 23.3 Å². The minimum atomic E-state index is -0.850. The summed E-state index contributed by atoms with van der Waals surface area (Å²) in [6.07, 6.45) is 3.93. The van der Waals surface area contributed by atoms with E-state index in [0.29, 0.717) is 36.1 Å². The molecule has 0 unspecified atom stereocenters. The van der Waals surface area contributed by atoms with E-state index in [1.165, 1.54) is 0 Å². The molecule has 32 heavy (non-hydrogen) atoms. The van der Waals surface area contributed by atoms with Crippen molar-refractivity contribution in [2.45, 2.75) is 65.7 Å². The number of aryl methyl sites for hydroxylation is 1. The molecule has 174 valence electrons. The van der Waals surface area contributed by atoms with Crippen molar-refractivity contribution in [2.75, 3.05) is 23.3 Å². The molecule has 1 fully saturated rings. The Morgan fingerprint density at radius 3 is 2.25 bits per heavy atom. The Morgan fingerprint density at radius 1 is 1.12 bits per heavy atom. The van der Waals surface area contributed by atoms with E-state index in [0.717, 1.165) is 36.3 Å². The standard InChI is InChI=1S/C26H36N2O4/c1-17(2)14-28(15-18(3)4)23-8-7-20(26(25(30)31)9-6-10-26)12-22(23)27-24(29)13-21-11-19(5)16-32-21/h7-8,11-12,16-18H,6,9-10,13-15H2,1-5H3,(H,27,29)(H,30,31). The van der Waals surface area contributed by atoms with E-state index in [4.69, 9.17) is 4.42 Å². The largest absolute Gasteiger partial charge is 0.481 e. The lowest BCUT2D eigenvalue weighted by Gasteiger charge is -2.39. The maximum absolute atomic E-state index is 12.9. The van der Waals surface area contributed by atoms with Gasteiger partial charge in [0.15, 0.2) is 0 Å². The molecule has 0 spiro atoms. The minimum absolute atomic E-state index is 0.135. The number of furan rings is 1. The number of nitrogens with zero attached hydrogens (tertiary/aromatic N) is 1. The molecule has 1 aliphatic carbocycles. The number of anilines is 2. The molecule has 1 aromatic heterocycles. The van der Waals surface area contributed by atoms with Crippen molar-refractivity contribution < 1.29 is 19.1 Å². The van der Waals surface area contributed by atoms with Gasteiger partial charge in [-0.2, -0.15) is 0 Å². The first-order valence-corrected chi connectivity index (χ1v) is 11.6. The van der Waals surface area contributed by atoms with Crippen LogP contribution in [-0.4, -0.2) is 30.1 Å². The van der Waals surface area contributed by atoms with E-state index in [1.54, 1.807) is 6.26 Å². The molecule has 1 saturated carbocycles. The van der Waals surface area contributed by atoms with Gasteiger partial charge < -0.3 is 19.7 Å². The minimum Gasteiger partial charge on any atom is -0.481 e. The van der Waals surface area contributed by atoms with Crippen molar-refractivity contribution in [1.29, 1.82) is 0 Å². The van der Waals surface area contributed by atoms with Crippen LogP contribution in [0.4, 0.5) is 11.4 Å². The molecule has 0 atom stereocenters. The Labute approximate surface area is 191 Å². The van der Waals surface area contributed by atoms with Crippen LogP contribution in [0.2, 0.25) is 0 Å². The van der Waals surface area contributed by atoms with Gasteiger partial charge in [-0.1, -0.05) is 40.2 Å². The van der Waals surface area contributed by atoms with Gasteiger partial charge >= 0.3 is 5.97 Å². The van der Waals surface area contributed by atoms with E-state index in [2.05, 4.69) is 37.9 Å². The van der Waals surface area contributed by atoms with E-state index in [9.17, 15) is 14.7 Å². The lowest BCUT2D eigenvalue weighted by molar-refractivity contribution is -0.147. The van der Waals surface area contributed by atoms with E-state index >= 15 is 0 Å². The van der Waals surface area contributed by atoms with Gasteiger partial charge in [0.1, 0.15) is 5.76 Å². The van der Waals surface area contributed by atoms with Gasteiger partial charge in [-0.05, 0) is 60.9 Å². The summed E-state index contributed by atoms with van der Waals surface area (Å²) in [5, 5.41) is 13.0. The predicted molar refractivity (Wildman–Crippen MR) is 127 cm³/mol. The van der Waals surface area contributed by atoms with Crippen molar-refractivity contribution in [3.8, 4) is 0 Å². The molecule has 1 aromatic carbocycles. The molecular formula is C26H36N2O4. The Hall–Kier alpha value is -2.76. The molecule has 1 heterocycles. The normalized spacial score (nSPS) is 15.0. The molecule has 0 bridgehead atoms. The van der Waals surface area contributed by atoms with Crippen LogP contribution >= 0.6 is 0 Å². The third-order valence-electron chi connectivity index (χ3n) is 6.07. The first-order valence-electron chi connectivity index (χ1n) is 11.6. The van der Waals surface area contributed by atoms with Gasteiger partial charge in [-0.25, -0.2) is 0 Å². The van der Waals surface area contributed by atoms with Crippen molar-refractivity contribution in [3.63, 3.8) is 0 Å². The fourth-order valence-corrected chi connectivity index (χ4v) is 4.45. The molecule has 0 saturated heterocycles. The van der Waals surface area contributed by atoms with Gasteiger partial charge in [0, 0.05) is 13.1 Å². The second kappa shape index (κ2) is 9.80. The maximum Gasteiger partial charge on any atom is 0.314 e. The Balaban J connectivity index is 1.97. The number of hydrogen-bond donors (Lipinski definition) is 2. The molecule has 2 aromatic rings. The van der Waals surface area contributed by atoms with Gasteiger partial charge in [0.2, 0.25) is 5.91 Å². The first kappa shape index (κ1) is 23.9. The molecule has 1 aliphatic rings. The Bertz CT molecular complexity index is 946. The molecular weight excluding hydrogens is 404 g/mol. The summed E-state index contributed by atoms with van der Waals surface area (Å²) in [7, 11) is 0. The number of amides is 1. The van der Waals surface area contributed by atoms with Crippen LogP contribution in [0.3, 0.4) is 0 Å². The van der Waals surface area contributed by atoms with Gasteiger partial charge in [0.05, 0.1) is 29.5 Å². The molecule has 3 rings (SSSR count). The number of aliphatic carboxylic acids is 1. The number of carbonyl (C=O) groups excluding carboxylic acids is 1. The molecule has 6 heteroatoms. The molecule has 2 N–H and O–H groups in total. The van der Waals surface area contributed by atoms with Crippen molar-refractivity contribution in [2.24, 2.45) is 11.8 Å². The number of carboxylic acids is 1. The highest BCUT2D eigenvalue weighted by Crippen LogP contribution is 2.46. The van der Waals surface area contributed by atoms with E-state index < -0.39 is 11.4 Å². The van der Waals surface area contributed by atoms with Crippen LogP contribution in [-0.2, 0) is 21.4 Å². The zero-order chi connectivity index (χ0) is 23.5. The average molecular weight is 441 g/mol. The predicted octanol–water partition coefficient (Wildman–Crippen LogP) is 5.39. The fraction of sp³-hybridized carbons (Fsp3) is 0.538.